The Morgan fingerprint density at radius 3 is 2.15 bits per heavy atom. The predicted octanol–water partition coefficient (Wildman–Crippen LogP) is 5.63. The predicted molar refractivity (Wildman–Crippen MR) is 104 cm³/mol. The van der Waals surface area contributed by atoms with Crippen molar-refractivity contribution in [1.29, 1.82) is 10.5 Å². The van der Waals surface area contributed by atoms with E-state index in [1.807, 2.05) is 13.8 Å². The van der Waals surface area contributed by atoms with Crippen molar-refractivity contribution in [3.63, 3.8) is 0 Å². The van der Waals surface area contributed by atoms with Crippen LogP contribution in [0.1, 0.15) is 22.3 Å². The van der Waals surface area contributed by atoms with Crippen molar-refractivity contribution >= 4 is 23.1 Å². The normalized spacial score (nSPS) is 9.96. The number of nitrogens with zero attached hydrogens (tertiary/aromatic N) is 3. The lowest BCUT2D eigenvalue weighted by Gasteiger charge is -2.14. The molecule has 0 radical (unpaired) electrons. The Morgan fingerprint density at radius 1 is 0.926 bits per heavy atom. The summed E-state index contributed by atoms with van der Waals surface area (Å²) in [5.74, 6) is 1.73. The highest BCUT2D eigenvalue weighted by Gasteiger charge is 2.10. The third kappa shape index (κ3) is 4.36. The van der Waals surface area contributed by atoms with E-state index in [4.69, 9.17) is 26.9 Å². The molecule has 5 nitrogen and oxygen atoms in total. The van der Waals surface area contributed by atoms with Crippen molar-refractivity contribution in [3.05, 3.63) is 75.9 Å². The standard InChI is InChI=1S/C21H15ClN4O/c1-13-7-16(12-24)8-14(2)21(13)27-18-9-19(22)26-20(10-18)25-17-5-3-15(11-23)4-6-17/h3-10H,1-2H3,(H,25,26). The van der Waals surface area contributed by atoms with Gasteiger partial charge < -0.3 is 10.1 Å². The van der Waals surface area contributed by atoms with E-state index < -0.39 is 0 Å². The molecule has 0 atom stereocenters. The monoisotopic (exact) mass is 374 g/mol. The summed E-state index contributed by atoms with van der Waals surface area (Å²) in [6, 6.07) is 18.1. The number of halogens is 1. The quantitative estimate of drug-likeness (QED) is 0.598. The van der Waals surface area contributed by atoms with Gasteiger partial charge in [0, 0.05) is 17.8 Å². The molecule has 1 heterocycles. The van der Waals surface area contributed by atoms with Crippen LogP contribution in [0.25, 0.3) is 0 Å². The van der Waals surface area contributed by atoms with Gasteiger partial charge in [-0.05, 0) is 61.4 Å². The van der Waals surface area contributed by atoms with E-state index in [9.17, 15) is 0 Å². The molecule has 0 bridgehead atoms. The van der Waals surface area contributed by atoms with Gasteiger partial charge in [0.2, 0.25) is 0 Å². The molecule has 27 heavy (non-hydrogen) atoms. The van der Waals surface area contributed by atoms with E-state index in [2.05, 4.69) is 22.4 Å². The van der Waals surface area contributed by atoms with Crippen LogP contribution in [0.2, 0.25) is 5.15 Å². The first kappa shape index (κ1) is 18.3. The molecule has 3 aromatic rings. The van der Waals surface area contributed by atoms with E-state index in [0.29, 0.717) is 28.4 Å². The van der Waals surface area contributed by atoms with Crippen LogP contribution in [0.15, 0.2) is 48.5 Å². The van der Waals surface area contributed by atoms with Crippen LogP contribution >= 0.6 is 11.6 Å². The van der Waals surface area contributed by atoms with Crippen molar-refractivity contribution in [3.8, 4) is 23.6 Å². The molecule has 0 aliphatic rings. The number of rotatable bonds is 4. The fourth-order valence-corrected chi connectivity index (χ4v) is 2.86. The zero-order valence-electron chi connectivity index (χ0n) is 14.7. The van der Waals surface area contributed by atoms with E-state index >= 15 is 0 Å². The molecule has 1 N–H and O–H groups in total. The van der Waals surface area contributed by atoms with Gasteiger partial charge in [0.15, 0.2) is 0 Å². The van der Waals surface area contributed by atoms with Crippen LogP contribution in [0.3, 0.4) is 0 Å². The molecular weight excluding hydrogens is 360 g/mol. The average molecular weight is 375 g/mol. The van der Waals surface area contributed by atoms with Gasteiger partial charge in [-0.25, -0.2) is 4.98 Å². The molecule has 0 spiro atoms. The van der Waals surface area contributed by atoms with Gasteiger partial charge in [-0.3, -0.25) is 0 Å². The number of hydrogen-bond acceptors (Lipinski definition) is 5. The summed E-state index contributed by atoms with van der Waals surface area (Å²) in [7, 11) is 0. The Kier molecular flexibility index (Phi) is 5.26. The van der Waals surface area contributed by atoms with Gasteiger partial charge in [-0.1, -0.05) is 11.6 Å². The minimum absolute atomic E-state index is 0.285. The maximum absolute atomic E-state index is 9.07. The van der Waals surface area contributed by atoms with E-state index in [0.717, 1.165) is 16.8 Å². The smallest absolute Gasteiger partial charge is 0.135 e. The summed E-state index contributed by atoms with van der Waals surface area (Å²) >= 11 is 6.14. The number of hydrogen-bond donors (Lipinski definition) is 1. The summed E-state index contributed by atoms with van der Waals surface area (Å²) in [5, 5.41) is 21.4. The number of benzene rings is 2. The van der Waals surface area contributed by atoms with Crippen molar-refractivity contribution in [2.24, 2.45) is 0 Å². The first-order valence-corrected chi connectivity index (χ1v) is 8.50. The van der Waals surface area contributed by atoms with Crippen LogP contribution < -0.4 is 10.1 Å². The Morgan fingerprint density at radius 2 is 1.56 bits per heavy atom. The lowest BCUT2D eigenvalue weighted by Crippen LogP contribution is -1.97. The van der Waals surface area contributed by atoms with Gasteiger partial charge in [-0.2, -0.15) is 10.5 Å². The van der Waals surface area contributed by atoms with Gasteiger partial charge in [0.25, 0.3) is 0 Å². The number of nitriles is 2. The lowest BCUT2D eigenvalue weighted by atomic mass is 10.1. The highest BCUT2D eigenvalue weighted by Crippen LogP contribution is 2.32. The van der Waals surface area contributed by atoms with Crippen molar-refractivity contribution in [2.45, 2.75) is 13.8 Å². The number of nitrogens with one attached hydrogen (secondary N) is 1. The fraction of sp³-hybridized carbons (Fsp3) is 0.0952. The second kappa shape index (κ2) is 7.78. The Labute approximate surface area is 162 Å². The van der Waals surface area contributed by atoms with Gasteiger partial charge >= 0.3 is 0 Å². The molecule has 132 valence electrons. The summed E-state index contributed by atoms with van der Waals surface area (Å²) < 4.78 is 6.02. The zero-order chi connectivity index (χ0) is 19.4. The summed E-state index contributed by atoms with van der Waals surface area (Å²) in [6.07, 6.45) is 0. The molecular formula is C21H15ClN4O. The van der Waals surface area contributed by atoms with Gasteiger partial charge in [0.1, 0.15) is 22.5 Å². The molecule has 0 aliphatic carbocycles. The molecule has 0 amide bonds. The van der Waals surface area contributed by atoms with Crippen LogP contribution in [-0.2, 0) is 0 Å². The fourth-order valence-electron chi connectivity index (χ4n) is 2.67. The largest absolute Gasteiger partial charge is 0.457 e. The maximum atomic E-state index is 9.07. The molecule has 0 saturated heterocycles. The van der Waals surface area contributed by atoms with Crippen LogP contribution in [0.4, 0.5) is 11.5 Å². The molecule has 2 aromatic carbocycles. The second-order valence-corrected chi connectivity index (χ2v) is 6.37. The van der Waals surface area contributed by atoms with Crippen LogP contribution in [-0.4, -0.2) is 4.98 Å². The van der Waals surface area contributed by atoms with E-state index in [-0.39, 0.29) is 5.15 Å². The highest BCUT2D eigenvalue weighted by atomic mass is 35.5. The second-order valence-electron chi connectivity index (χ2n) is 5.98. The first-order valence-electron chi connectivity index (χ1n) is 8.12. The maximum Gasteiger partial charge on any atom is 0.135 e. The highest BCUT2D eigenvalue weighted by molar-refractivity contribution is 6.29. The number of pyridine rings is 1. The SMILES string of the molecule is Cc1cc(C#N)cc(C)c1Oc1cc(Cl)nc(Nc2ccc(C#N)cc2)c1. The molecule has 0 saturated carbocycles. The molecule has 3 rings (SSSR count). The number of aromatic nitrogens is 1. The van der Waals surface area contributed by atoms with Crippen LogP contribution in [0, 0.1) is 36.5 Å². The Hall–Kier alpha value is -3.54. The topological polar surface area (TPSA) is 81.7 Å². The molecule has 0 unspecified atom stereocenters. The Bertz CT molecular complexity index is 1060. The number of aryl methyl sites for hydroxylation is 2. The van der Waals surface area contributed by atoms with E-state index in [1.165, 1.54) is 0 Å². The first-order chi connectivity index (χ1) is 13.0. The molecule has 0 aliphatic heterocycles. The third-order valence-corrected chi connectivity index (χ3v) is 4.06. The van der Waals surface area contributed by atoms with Crippen molar-refractivity contribution in [2.75, 3.05) is 5.32 Å². The van der Waals surface area contributed by atoms with Gasteiger partial charge in [0.05, 0.1) is 23.3 Å². The minimum Gasteiger partial charge on any atom is -0.457 e. The van der Waals surface area contributed by atoms with E-state index in [1.54, 1.807) is 48.5 Å². The molecule has 6 heteroatoms. The lowest BCUT2D eigenvalue weighted by molar-refractivity contribution is 0.474. The average Bonchev–Trinajstić information content (AvgIpc) is 2.64. The summed E-state index contributed by atoms with van der Waals surface area (Å²) in [4.78, 5) is 4.25. The van der Waals surface area contributed by atoms with Crippen molar-refractivity contribution in [1.82, 2.24) is 4.98 Å². The summed E-state index contributed by atoms with van der Waals surface area (Å²) in [5.41, 5.74) is 3.67. The minimum atomic E-state index is 0.285. The Balaban J connectivity index is 1.88. The van der Waals surface area contributed by atoms with Crippen LogP contribution in [0.5, 0.6) is 11.5 Å². The zero-order valence-corrected chi connectivity index (χ0v) is 15.5. The number of ether oxygens (including phenoxy) is 1. The van der Waals surface area contributed by atoms with Crippen molar-refractivity contribution < 1.29 is 4.74 Å². The summed E-state index contributed by atoms with van der Waals surface area (Å²) in [6.45, 7) is 3.78. The molecule has 1 aromatic heterocycles. The third-order valence-electron chi connectivity index (χ3n) is 3.86. The number of anilines is 2. The van der Waals surface area contributed by atoms with Gasteiger partial charge in [-0.15, -0.1) is 0 Å². The molecule has 0 fully saturated rings.